The van der Waals surface area contributed by atoms with Gasteiger partial charge in [-0.1, -0.05) is 24.8 Å². The molecule has 18 heavy (non-hydrogen) atoms. The van der Waals surface area contributed by atoms with Crippen LogP contribution in [-0.2, 0) is 13.0 Å². The molecule has 0 aromatic carbocycles. The fourth-order valence-corrected chi connectivity index (χ4v) is 3.21. The molecule has 98 valence electrons. The first-order chi connectivity index (χ1) is 8.90. The molecule has 0 aliphatic rings. The van der Waals surface area contributed by atoms with Gasteiger partial charge in [0.05, 0.1) is 6.54 Å². The lowest BCUT2D eigenvalue weighted by molar-refractivity contribution is 0.517. The molecule has 2 aromatic rings. The van der Waals surface area contributed by atoms with Gasteiger partial charge in [-0.3, -0.25) is 0 Å². The molecule has 0 saturated heterocycles. The van der Waals surface area contributed by atoms with Crippen LogP contribution in [0.25, 0.3) is 0 Å². The van der Waals surface area contributed by atoms with Gasteiger partial charge >= 0.3 is 0 Å². The van der Waals surface area contributed by atoms with Crippen LogP contribution >= 0.6 is 23.1 Å². The Bertz CT molecular complexity index is 440. The highest BCUT2D eigenvalue weighted by molar-refractivity contribution is 7.99. The Balaban J connectivity index is 1.76. The molecule has 5 nitrogen and oxygen atoms in total. The second-order valence-electron chi connectivity index (χ2n) is 3.72. The lowest BCUT2D eigenvalue weighted by atomic mass is 10.4. The van der Waals surface area contributed by atoms with Gasteiger partial charge in [-0.25, -0.2) is 4.68 Å². The molecule has 2 aromatic heterocycles. The summed E-state index contributed by atoms with van der Waals surface area (Å²) in [6.07, 6.45) is 1.07. The van der Waals surface area contributed by atoms with Crippen LogP contribution < -0.4 is 5.32 Å². The van der Waals surface area contributed by atoms with E-state index in [9.17, 15) is 0 Å². The predicted molar refractivity (Wildman–Crippen MR) is 75.1 cm³/mol. The molecule has 0 saturated carbocycles. The summed E-state index contributed by atoms with van der Waals surface area (Å²) in [5.41, 5.74) is 0. The van der Waals surface area contributed by atoms with Crippen LogP contribution in [0.3, 0.4) is 0 Å². The largest absolute Gasteiger partial charge is 0.315 e. The zero-order valence-corrected chi connectivity index (χ0v) is 12.0. The Morgan fingerprint density at radius 3 is 3.22 bits per heavy atom. The Morgan fingerprint density at radius 1 is 1.50 bits per heavy atom. The van der Waals surface area contributed by atoms with Crippen LogP contribution in [0, 0.1) is 0 Å². The van der Waals surface area contributed by atoms with Crippen molar-refractivity contribution in [2.75, 3.05) is 18.8 Å². The minimum Gasteiger partial charge on any atom is -0.315 e. The highest BCUT2D eigenvalue weighted by Crippen LogP contribution is 2.17. The van der Waals surface area contributed by atoms with Crippen molar-refractivity contribution in [3.05, 3.63) is 22.4 Å². The quantitative estimate of drug-likeness (QED) is 0.590. The number of thiophene rings is 1. The van der Waals surface area contributed by atoms with Crippen LogP contribution in [-0.4, -0.2) is 39.0 Å². The number of tetrazole rings is 1. The number of hydrogen-bond acceptors (Lipinski definition) is 6. The van der Waals surface area contributed by atoms with Crippen molar-refractivity contribution >= 4 is 23.1 Å². The average Bonchev–Trinajstić information content (AvgIpc) is 3.02. The van der Waals surface area contributed by atoms with Gasteiger partial charge in [0.15, 0.2) is 0 Å². The first-order valence-corrected chi connectivity index (χ1v) is 7.88. The minimum atomic E-state index is 0.822. The minimum absolute atomic E-state index is 0.822. The smallest absolute Gasteiger partial charge is 0.209 e. The van der Waals surface area contributed by atoms with Crippen molar-refractivity contribution in [2.45, 2.75) is 25.0 Å². The topological polar surface area (TPSA) is 55.6 Å². The third kappa shape index (κ3) is 4.08. The zero-order valence-electron chi connectivity index (χ0n) is 10.4. The summed E-state index contributed by atoms with van der Waals surface area (Å²) in [6, 6.07) is 4.25. The highest BCUT2D eigenvalue weighted by atomic mass is 32.2. The van der Waals surface area contributed by atoms with Crippen LogP contribution in [0.2, 0.25) is 0 Å². The molecule has 0 aliphatic heterocycles. The number of likely N-dealkylation sites (N-methyl/N-ethyl adjacent to an activating group) is 1. The Labute approximate surface area is 115 Å². The van der Waals surface area contributed by atoms with E-state index in [1.807, 2.05) is 4.68 Å². The number of nitrogens with zero attached hydrogens (tertiary/aromatic N) is 4. The number of hydrogen-bond donors (Lipinski definition) is 1. The van der Waals surface area contributed by atoms with E-state index in [4.69, 9.17) is 0 Å². The fraction of sp³-hybridized carbons (Fsp3) is 0.545. The van der Waals surface area contributed by atoms with Crippen molar-refractivity contribution in [2.24, 2.45) is 0 Å². The maximum Gasteiger partial charge on any atom is 0.209 e. The molecule has 0 atom stereocenters. The Hall–Kier alpha value is -0.920. The summed E-state index contributed by atoms with van der Waals surface area (Å²) in [5.74, 6) is 1.02. The van der Waals surface area contributed by atoms with Gasteiger partial charge in [0.2, 0.25) is 5.16 Å². The van der Waals surface area contributed by atoms with Crippen LogP contribution in [0.5, 0.6) is 0 Å². The van der Waals surface area contributed by atoms with Crippen molar-refractivity contribution in [3.63, 3.8) is 0 Å². The zero-order chi connectivity index (χ0) is 12.6. The molecule has 0 aliphatic carbocycles. The third-order valence-corrected chi connectivity index (χ3v) is 4.30. The monoisotopic (exact) mass is 283 g/mol. The lowest BCUT2D eigenvalue weighted by Gasteiger charge is -2.04. The Morgan fingerprint density at radius 2 is 2.44 bits per heavy atom. The van der Waals surface area contributed by atoms with Gasteiger partial charge in [0.25, 0.3) is 0 Å². The molecule has 1 N–H and O–H groups in total. The molecular weight excluding hydrogens is 266 g/mol. The molecular formula is C11H17N5S2. The van der Waals surface area contributed by atoms with Gasteiger partial charge in [0.1, 0.15) is 0 Å². The standard InChI is InChI=1S/C11H17N5S2/c1-2-12-6-7-16-11(13-14-15-16)18-9-5-10-4-3-8-17-10/h3-4,8,12H,2,5-7,9H2,1H3. The lowest BCUT2D eigenvalue weighted by Crippen LogP contribution is -2.20. The van der Waals surface area contributed by atoms with E-state index < -0.39 is 0 Å². The molecule has 0 unspecified atom stereocenters. The summed E-state index contributed by atoms with van der Waals surface area (Å²) in [4.78, 5) is 1.41. The van der Waals surface area contributed by atoms with Crippen molar-refractivity contribution < 1.29 is 0 Å². The molecule has 2 rings (SSSR count). The number of nitrogens with one attached hydrogen (secondary N) is 1. The van der Waals surface area contributed by atoms with Crippen molar-refractivity contribution in [3.8, 4) is 0 Å². The molecule has 2 heterocycles. The molecule has 0 bridgehead atoms. The number of rotatable bonds is 8. The summed E-state index contributed by atoms with van der Waals surface area (Å²) in [5, 5.41) is 18.1. The van der Waals surface area contributed by atoms with E-state index in [-0.39, 0.29) is 0 Å². The van der Waals surface area contributed by atoms with E-state index >= 15 is 0 Å². The van der Waals surface area contributed by atoms with Gasteiger partial charge in [-0.15, -0.1) is 16.4 Å². The van der Waals surface area contributed by atoms with Crippen molar-refractivity contribution in [1.29, 1.82) is 0 Å². The van der Waals surface area contributed by atoms with Gasteiger partial charge in [-0.2, -0.15) is 0 Å². The van der Waals surface area contributed by atoms with E-state index in [0.29, 0.717) is 0 Å². The second kappa shape index (κ2) is 7.50. The first-order valence-electron chi connectivity index (χ1n) is 6.02. The summed E-state index contributed by atoms with van der Waals surface area (Å²) >= 11 is 3.52. The fourth-order valence-electron chi connectivity index (χ4n) is 1.50. The van der Waals surface area contributed by atoms with Crippen LogP contribution in [0.15, 0.2) is 22.7 Å². The van der Waals surface area contributed by atoms with Crippen LogP contribution in [0.1, 0.15) is 11.8 Å². The van der Waals surface area contributed by atoms with E-state index in [1.165, 1.54) is 4.88 Å². The van der Waals surface area contributed by atoms with E-state index in [1.54, 1.807) is 23.1 Å². The molecule has 0 fully saturated rings. The molecule has 7 heteroatoms. The molecule has 0 spiro atoms. The molecule has 0 radical (unpaired) electrons. The average molecular weight is 283 g/mol. The first kappa shape index (κ1) is 13.5. The highest BCUT2D eigenvalue weighted by Gasteiger charge is 2.06. The summed E-state index contributed by atoms with van der Waals surface area (Å²) in [7, 11) is 0. The third-order valence-electron chi connectivity index (χ3n) is 2.41. The van der Waals surface area contributed by atoms with E-state index in [0.717, 1.165) is 37.0 Å². The van der Waals surface area contributed by atoms with Gasteiger partial charge in [-0.05, 0) is 34.8 Å². The predicted octanol–water partition coefficient (Wildman–Crippen LogP) is 1.68. The van der Waals surface area contributed by atoms with Crippen molar-refractivity contribution in [1.82, 2.24) is 25.5 Å². The maximum absolute atomic E-state index is 4.05. The van der Waals surface area contributed by atoms with Gasteiger partial charge < -0.3 is 5.32 Å². The maximum atomic E-state index is 4.05. The number of aryl methyl sites for hydroxylation is 1. The number of aromatic nitrogens is 4. The molecule has 0 amide bonds. The second-order valence-corrected chi connectivity index (χ2v) is 5.81. The summed E-state index contributed by atoms with van der Waals surface area (Å²) < 4.78 is 1.86. The van der Waals surface area contributed by atoms with Gasteiger partial charge in [0, 0.05) is 17.2 Å². The normalized spacial score (nSPS) is 10.9. The SMILES string of the molecule is CCNCCn1nnnc1SCCc1cccs1. The van der Waals surface area contributed by atoms with Crippen LogP contribution in [0.4, 0.5) is 0 Å². The van der Waals surface area contributed by atoms with E-state index in [2.05, 4.69) is 45.3 Å². The Kier molecular flexibility index (Phi) is 5.63. The summed E-state index contributed by atoms with van der Waals surface area (Å²) in [6.45, 7) is 4.79. The number of thioether (sulfide) groups is 1.